The van der Waals surface area contributed by atoms with Gasteiger partial charge in [-0.2, -0.15) is 0 Å². The van der Waals surface area contributed by atoms with Gasteiger partial charge in [0.1, 0.15) is 5.82 Å². The lowest BCUT2D eigenvalue weighted by Gasteiger charge is -2.36. The first-order valence-electron chi connectivity index (χ1n) is 9.12. The maximum Gasteiger partial charge on any atom is 0.234 e. The zero-order valence-electron chi connectivity index (χ0n) is 15.9. The van der Waals surface area contributed by atoms with Gasteiger partial charge < -0.3 is 15.3 Å². The molecule has 2 heterocycles. The monoisotopic (exact) mass is 348 g/mol. The first-order valence-corrected chi connectivity index (χ1v) is 9.12. The van der Waals surface area contributed by atoms with Crippen LogP contribution in [0.15, 0.2) is 24.4 Å². The molecule has 25 heavy (non-hydrogen) atoms. The van der Waals surface area contributed by atoms with E-state index in [4.69, 9.17) is 0 Å². The summed E-state index contributed by atoms with van der Waals surface area (Å²) >= 11 is 0. The van der Waals surface area contributed by atoms with E-state index >= 15 is 0 Å². The molecule has 0 saturated carbocycles. The van der Waals surface area contributed by atoms with Crippen LogP contribution in [0.3, 0.4) is 0 Å². The van der Waals surface area contributed by atoms with Gasteiger partial charge >= 0.3 is 0 Å². The number of aliphatic hydroxyl groups is 1. The maximum atomic E-state index is 12.2. The Labute approximate surface area is 151 Å². The van der Waals surface area contributed by atoms with Crippen molar-refractivity contribution < 1.29 is 9.90 Å². The number of piperazine rings is 1. The summed E-state index contributed by atoms with van der Waals surface area (Å²) in [4.78, 5) is 21.0. The van der Waals surface area contributed by atoms with E-state index in [-0.39, 0.29) is 17.2 Å². The molecular formula is C19H32N4O2. The minimum Gasteiger partial charge on any atom is -0.392 e. The van der Waals surface area contributed by atoms with E-state index in [9.17, 15) is 9.90 Å². The average Bonchev–Trinajstić information content (AvgIpc) is 2.61. The number of nitrogens with zero attached hydrogens (tertiary/aromatic N) is 3. The van der Waals surface area contributed by atoms with E-state index in [1.54, 1.807) is 0 Å². The minimum atomic E-state index is -0.435. The molecule has 2 N–H and O–H groups in total. The van der Waals surface area contributed by atoms with Crippen LogP contribution >= 0.6 is 0 Å². The molecule has 2 rings (SSSR count). The summed E-state index contributed by atoms with van der Waals surface area (Å²) in [6.07, 6.45) is 1.37. The normalized spacial score (nSPS) is 17.6. The summed E-state index contributed by atoms with van der Waals surface area (Å²) in [5.74, 6) is 1.19. The van der Waals surface area contributed by atoms with Gasteiger partial charge in [0.25, 0.3) is 0 Å². The molecule has 1 aliphatic rings. The van der Waals surface area contributed by atoms with E-state index < -0.39 is 6.10 Å². The quantitative estimate of drug-likeness (QED) is 0.779. The van der Waals surface area contributed by atoms with E-state index in [0.29, 0.717) is 13.1 Å². The fraction of sp³-hybridized carbons (Fsp3) is 0.684. The van der Waals surface area contributed by atoms with Crippen LogP contribution in [0.5, 0.6) is 0 Å². The Kier molecular flexibility index (Phi) is 6.79. The Balaban J connectivity index is 1.73. The maximum absolute atomic E-state index is 12.2. The summed E-state index contributed by atoms with van der Waals surface area (Å²) < 4.78 is 0. The average molecular weight is 348 g/mol. The second kappa shape index (κ2) is 8.63. The third kappa shape index (κ3) is 5.68. The summed E-state index contributed by atoms with van der Waals surface area (Å²) in [5, 5.41) is 13.2. The number of hydrogen-bond acceptors (Lipinski definition) is 5. The van der Waals surface area contributed by atoms with E-state index in [1.807, 2.05) is 52.1 Å². The number of hydrogen-bond donors (Lipinski definition) is 2. The molecule has 0 aromatic carbocycles. The Morgan fingerprint density at radius 1 is 1.28 bits per heavy atom. The van der Waals surface area contributed by atoms with Crippen molar-refractivity contribution in [3.63, 3.8) is 0 Å². The Bertz CT molecular complexity index is 540. The van der Waals surface area contributed by atoms with E-state index in [2.05, 4.69) is 20.1 Å². The third-order valence-electron chi connectivity index (χ3n) is 4.89. The number of nitrogens with one attached hydrogen (secondary N) is 1. The van der Waals surface area contributed by atoms with Crippen molar-refractivity contribution in [3.05, 3.63) is 24.4 Å². The minimum absolute atomic E-state index is 0.0234. The zero-order chi connectivity index (χ0) is 18.4. The molecule has 0 radical (unpaired) electrons. The van der Waals surface area contributed by atoms with Crippen molar-refractivity contribution in [1.29, 1.82) is 0 Å². The van der Waals surface area contributed by atoms with Crippen molar-refractivity contribution in [2.45, 2.75) is 33.8 Å². The second-order valence-electron chi connectivity index (χ2n) is 7.91. The highest BCUT2D eigenvalue weighted by Crippen LogP contribution is 2.25. The lowest BCUT2D eigenvalue weighted by atomic mass is 9.81. The molecular weight excluding hydrogens is 316 g/mol. The van der Waals surface area contributed by atoms with Crippen molar-refractivity contribution in [1.82, 2.24) is 15.2 Å². The number of anilines is 1. The number of rotatable bonds is 7. The summed E-state index contributed by atoms with van der Waals surface area (Å²) in [6.45, 7) is 12.3. The zero-order valence-corrected chi connectivity index (χ0v) is 15.9. The van der Waals surface area contributed by atoms with Gasteiger partial charge in [-0.25, -0.2) is 4.98 Å². The molecule has 6 heteroatoms. The largest absolute Gasteiger partial charge is 0.392 e. The van der Waals surface area contributed by atoms with Crippen LogP contribution in [0.1, 0.15) is 27.7 Å². The van der Waals surface area contributed by atoms with E-state index in [1.165, 1.54) is 0 Å². The molecule has 1 aromatic rings. The van der Waals surface area contributed by atoms with Crippen LogP contribution in [-0.2, 0) is 4.79 Å². The molecule has 1 saturated heterocycles. The smallest absolute Gasteiger partial charge is 0.234 e. The van der Waals surface area contributed by atoms with Crippen LogP contribution in [0.2, 0.25) is 0 Å². The SMILES string of the molecule is CC(C)C(O)C(C)(C)CNC(=O)CN1CCN(c2ccccn2)CC1. The number of aromatic nitrogens is 1. The van der Waals surface area contributed by atoms with Crippen LogP contribution < -0.4 is 10.2 Å². The molecule has 0 spiro atoms. The summed E-state index contributed by atoms with van der Waals surface area (Å²) in [6, 6.07) is 5.93. The predicted molar refractivity (Wildman–Crippen MR) is 101 cm³/mol. The Morgan fingerprint density at radius 3 is 2.52 bits per heavy atom. The Hall–Kier alpha value is -1.66. The molecule has 1 aromatic heterocycles. The summed E-state index contributed by atoms with van der Waals surface area (Å²) in [7, 11) is 0. The molecule has 0 aliphatic carbocycles. The molecule has 1 fully saturated rings. The van der Waals surface area contributed by atoms with Gasteiger partial charge in [-0.1, -0.05) is 33.8 Å². The van der Waals surface area contributed by atoms with Gasteiger partial charge in [0.05, 0.1) is 12.6 Å². The third-order valence-corrected chi connectivity index (χ3v) is 4.89. The molecule has 0 bridgehead atoms. The van der Waals surface area contributed by atoms with Gasteiger partial charge in [0.15, 0.2) is 0 Å². The van der Waals surface area contributed by atoms with Crippen molar-refractivity contribution in [2.24, 2.45) is 11.3 Å². The highest BCUT2D eigenvalue weighted by molar-refractivity contribution is 5.78. The molecule has 1 atom stereocenters. The molecule has 140 valence electrons. The van der Waals surface area contributed by atoms with Gasteiger partial charge in [0.2, 0.25) is 5.91 Å². The topological polar surface area (TPSA) is 68.7 Å². The fourth-order valence-electron chi connectivity index (χ4n) is 3.27. The van der Waals surface area contributed by atoms with Crippen LogP contribution in [0, 0.1) is 11.3 Å². The lowest BCUT2D eigenvalue weighted by molar-refractivity contribution is -0.123. The molecule has 1 unspecified atom stereocenters. The second-order valence-corrected chi connectivity index (χ2v) is 7.91. The number of carbonyl (C=O) groups is 1. The number of aliphatic hydroxyl groups excluding tert-OH is 1. The van der Waals surface area contributed by atoms with Gasteiger partial charge in [0, 0.05) is 44.3 Å². The van der Waals surface area contributed by atoms with Crippen molar-refractivity contribution in [2.75, 3.05) is 44.2 Å². The molecule has 6 nitrogen and oxygen atoms in total. The standard InChI is InChI=1S/C19H32N4O2/c1-15(2)18(25)19(3,4)14-21-17(24)13-22-9-11-23(12-10-22)16-7-5-6-8-20-16/h5-8,15,18,25H,9-14H2,1-4H3,(H,21,24). The highest BCUT2D eigenvalue weighted by atomic mass is 16.3. The van der Waals surface area contributed by atoms with Crippen LogP contribution in [0.25, 0.3) is 0 Å². The predicted octanol–water partition coefficient (Wildman–Crippen LogP) is 1.36. The summed E-state index contributed by atoms with van der Waals surface area (Å²) in [5.41, 5.74) is -0.332. The first kappa shape index (κ1) is 19.7. The number of amides is 1. The van der Waals surface area contributed by atoms with Crippen LogP contribution in [-0.4, -0.2) is 66.3 Å². The van der Waals surface area contributed by atoms with Gasteiger partial charge in [-0.3, -0.25) is 9.69 Å². The van der Waals surface area contributed by atoms with Crippen molar-refractivity contribution in [3.8, 4) is 0 Å². The van der Waals surface area contributed by atoms with E-state index in [0.717, 1.165) is 32.0 Å². The van der Waals surface area contributed by atoms with Gasteiger partial charge in [-0.15, -0.1) is 0 Å². The van der Waals surface area contributed by atoms with Gasteiger partial charge in [-0.05, 0) is 18.1 Å². The molecule has 1 aliphatic heterocycles. The highest BCUT2D eigenvalue weighted by Gasteiger charge is 2.30. The molecule has 1 amide bonds. The van der Waals surface area contributed by atoms with Crippen LogP contribution in [0.4, 0.5) is 5.82 Å². The first-order chi connectivity index (χ1) is 11.8. The van der Waals surface area contributed by atoms with Crippen molar-refractivity contribution >= 4 is 11.7 Å². The Morgan fingerprint density at radius 2 is 1.96 bits per heavy atom. The lowest BCUT2D eigenvalue weighted by Crippen LogP contribution is -2.51. The number of pyridine rings is 1. The fourth-order valence-corrected chi connectivity index (χ4v) is 3.27. The number of carbonyl (C=O) groups excluding carboxylic acids is 1.